The fraction of sp³-hybridized carbons (Fsp3) is 0.200. The molecule has 0 unspecified atom stereocenters. The van der Waals surface area contributed by atoms with E-state index >= 15 is 0 Å². The summed E-state index contributed by atoms with van der Waals surface area (Å²) in [4.78, 5) is 24.1. The number of carbonyl (C=O) groups excluding carboxylic acids is 2. The molecule has 158 valence electrons. The molecule has 3 aromatic rings. The Hall–Kier alpha value is -3.80. The first-order chi connectivity index (χ1) is 15.2. The van der Waals surface area contributed by atoms with Gasteiger partial charge in [0.1, 0.15) is 11.5 Å². The summed E-state index contributed by atoms with van der Waals surface area (Å²) in [7, 11) is 0. The molecule has 0 heterocycles. The van der Waals surface area contributed by atoms with Crippen LogP contribution in [0, 0.1) is 0 Å². The third kappa shape index (κ3) is 5.42. The average molecular weight is 416 g/mol. The number of para-hydroxylation sites is 1. The minimum absolute atomic E-state index is 0.184. The standard InChI is InChI=1S/C25H24N2O4/c28-24(16-30-21-14-13-18-9-6-10-20(18)15-21)26-27-25(29)17-31-23-12-5-4-11-22(23)19-7-2-1-3-8-19/h1-5,7-8,11-15H,6,9-10,16-17H2,(H,26,28)(H,27,29). The molecule has 2 amide bonds. The van der Waals surface area contributed by atoms with Crippen molar-refractivity contribution in [1.29, 1.82) is 0 Å². The van der Waals surface area contributed by atoms with Crippen LogP contribution in [0.2, 0.25) is 0 Å². The summed E-state index contributed by atoms with van der Waals surface area (Å²) in [6.07, 6.45) is 3.30. The van der Waals surface area contributed by atoms with Gasteiger partial charge < -0.3 is 9.47 Å². The number of ether oxygens (including phenoxy) is 2. The van der Waals surface area contributed by atoms with Crippen molar-refractivity contribution >= 4 is 11.8 Å². The fourth-order valence-corrected chi connectivity index (χ4v) is 3.59. The van der Waals surface area contributed by atoms with Gasteiger partial charge in [0.15, 0.2) is 13.2 Å². The van der Waals surface area contributed by atoms with E-state index in [2.05, 4.69) is 10.9 Å². The molecule has 1 aliphatic rings. The molecule has 4 rings (SSSR count). The number of hydrogen-bond donors (Lipinski definition) is 2. The van der Waals surface area contributed by atoms with Gasteiger partial charge >= 0.3 is 0 Å². The molecule has 3 aromatic carbocycles. The lowest BCUT2D eigenvalue weighted by Gasteiger charge is -2.12. The van der Waals surface area contributed by atoms with E-state index < -0.39 is 11.8 Å². The van der Waals surface area contributed by atoms with E-state index in [0.29, 0.717) is 11.5 Å². The predicted molar refractivity (Wildman–Crippen MR) is 118 cm³/mol. The molecule has 1 aliphatic carbocycles. The second kappa shape index (κ2) is 9.80. The quantitative estimate of drug-likeness (QED) is 0.579. The number of carbonyl (C=O) groups is 2. The van der Waals surface area contributed by atoms with E-state index in [9.17, 15) is 9.59 Å². The molecule has 0 spiro atoms. The summed E-state index contributed by atoms with van der Waals surface area (Å²) in [6.45, 7) is -0.410. The van der Waals surface area contributed by atoms with Gasteiger partial charge in [-0.15, -0.1) is 0 Å². The first kappa shape index (κ1) is 20.5. The molecular formula is C25H24N2O4. The lowest BCUT2D eigenvalue weighted by atomic mass is 10.1. The molecule has 0 radical (unpaired) electrons. The van der Waals surface area contributed by atoms with Crippen LogP contribution in [0.3, 0.4) is 0 Å². The van der Waals surface area contributed by atoms with Crippen LogP contribution in [-0.4, -0.2) is 25.0 Å². The largest absolute Gasteiger partial charge is 0.484 e. The Morgan fingerprint density at radius 1 is 0.742 bits per heavy atom. The Bertz CT molecular complexity index is 1070. The molecule has 0 saturated carbocycles. The van der Waals surface area contributed by atoms with Crippen molar-refractivity contribution in [3.8, 4) is 22.6 Å². The lowest BCUT2D eigenvalue weighted by Crippen LogP contribution is -2.45. The summed E-state index contributed by atoms with van der Waals surface area (Å²) < 4.78 is 11.2. The van der Waals surface area contributed by atoms with E-state index in [0.717, 1.165) is 30.4 Å². The Kier molecular flexibility index (Phi) is 6.47. The first-order valence-electron chi connectivity index (χ1n) is 10.3. The van der Waals surface area contributed by atoms with Crippen LogP contribution in [-0.2, 0) is 22.4 Å². The molecule has 0 aliphatic heterocycles. The van der Waals surface area contributed by atoms with Gasteiger partial charge in [-0.25, -0.2) is 0 Å². The summed E-state index contributed by atoms with van der Waals surface area (Å²) >= 11 is 0. The van der Waals surface area contributed by atoms with Crippen molar-refractivity contribution in [2.45, 2.75) is 19.3 Å². The Balaban J connectivity index is 1.22. The fourth-order valence-electron chi connectivity index (χ4n) is 3.59. The van der Waals surface area contributed by atoms with Gasteiger partial charge in [-0.05, 0) is 54.2 Å². The minimum atomic E-state index is -0.464. The number of benzene rings is 3. The third-order valence-electron chi connectivity index (χ3n) is 5.11. The average Bonchev–Trinajstić information content (AvgIpc) is 3.29. The maximum Gasteiger partial charge on any atom is 0.276 e. The van der Waals surface area contributed by atoms with Crippen molar-refractivity contribution in [1.82, 2.24) is 10.9 Å². The normalized spacial score (nSPS) is 12.0. The monoisotopic (exact) mass is 416 g/mol. The molecule has 6 heteroatoms. The Morgan fingerprint density at radius 3 is 2.23 bits per heavy atom. The molecule has 6 nitrogen and oxygen atoms in total. The number of fused-ring (bicyclic) bond motifs is 1. The van der Waals surface area contributed by atoms with Crippen molar-refractivity contribution < 1.29 is 19.1 Å². The van der Waals surface area contributed by atoms with Crippen LogP contribution in [0.25, 0.3) is 11.1 Å². The molecule has 0 saturated heterocycles. The van der Waals surface area contributed by atoms with Gasteiger partial charge in [-0.1, -0.05) is 54.6 Å². The first-order valence-corrected chi connectivity index (χ1v) is 10.3. The third-order valence-corrected chi connectivity index (χ3v) is 5.11. The zero-order valence-electron chi connectivity index (χ0n) is 17.1. The molecule has 0 bridgehead atoms. The summed E-state index contributed by atoms with van der Waals surface area (Å²) in [5.41, 5.74) is 9.20. The number of nitrogens with one attached hydrogen (secondary N) is 2. The summed E-state index contributed by atoms with van der Waals surface area (Å²) in [6, 6.07) is 23.2. The van der Waals surface area contributed by atoms with Crippen molar-refractivity contribution in [2.75, 3.05) is 13.2 Å². The highest BCUT2D eigenvalue weighted by atomic mass is 16.5. The SMILES string of the molecule is O=C(COc1ccc2c(c1)CCC2)NNC(=O)COc1ccccc1-c1ccccc1. The molecule has 2 N–H and O–H groups in total. The molecule has 0 aromatic heterocycles. The van der Waals surface area contributed by atoms with Gasteiger partial charge in [0.2, 0.25) is 0 Å². The molecular weight excluding hydrogens is 392 g/mol. The van der Waals surface area contributed by atoms with Crippen molar-refractivity contribution in [3.63, 3.8) is 0 Å². The van der Waals surface area contributed by atoms with Gasteiger partial charge in [0.25, 0.3) is 11.8 Å². The highest BCUT2D eigenvalue weighted by Crippen LogP contribution is 2.29. The topological polar surface area (TPSA) is 76.7 Å². The number of amides is 2. The van der Waals surface area contributed by atoms with Crippen LogP contribution >= 0.6 is 0 Å². The van der Waals surface area contributed by atoms with Crippen molar-refractivity contribution in [3.05, 3.63) is 83.9 Å². The predicted octanol–water partition coefficient (Wildman–Crippen LogP) is 3.45. The molecule has 0 fully saturated rings. The zero-order chi connectivity index (χ0) is 21.5. The summed E-state index contributed by atoms with van der Waals surface area (Å²) in [5.74, 6) is 0.338. The summed E-state index contributed by atoms with van der Waals surface area (Å²) in [5, 5.41) is 0. The van der Waals surface area contributed by atoms with Crippen LogP contribution in [0.1, 0.15) is 17.5 Å². The molecule has 0 atom stereocenters. The number of rotatable bonds is 7. The Morgan fingerprint density at radius 2 is 1.42 bits per heavy atom. The highest BCUT2D eigenvalue weighted by Gasteiger charge is 2.13. The van der Waals surface area contributed by atoms with E-state index in [4.69, 9.17) is 9.47 Å². The van der Waals surface area contributed by atoms with E-state index in [1.165, 1.54) is 11.1 Å². The zero-order valence-corrected chi connectivity index (χ0v) is 17.1. The van der Waals surface area contributed by atoms with Crippen LogP contribution < -0.4 is 20.3 Å². The molecule has 31 heavy (non-hydrogen) atoms. The number of hydrogen-bond acceptors (Lipinski definition) is 4. The van der Waals surface area contributed by atoms with Crippen LogP contribution in [0.4, 0.5) is 0 Å². The smallest absolute Gasteiger partial charge is 0.276 e. The second-order valence-electron chi connectivity index (χ2n) is 7.32. The van der Waals surface area contributed by atoms with Gasteiger partial charge in [-0.2, -0.15) is 0 Å². The second-order valence-corrected chi connectivity index (χ2v) is 7.32. The van der Waals surface area contributed by atoms with Crippen molar-refractivity contribution in [2.24, 2.45) is 0 Å². The van der Waals surface area contributed by atoms with E-state index in [1.54, 1.807) is 6.07 Å². The van der Waals surface area contributed by atoms with Crippen LogP contribution in [0.15, 0.2) is 72.8 Å². The van der Waals surface area contributed by atoms with E-state index in [-0.39, 0.29) is 13.2 Å². The number of aryl methyl sites for hydroxylation is 2. The lowest BCUT2D eigenvalue weighted by molar-refractivity contribution is -0.131. The maximum atomic E-state index is 12.1. The van der Waals surface area contributed by atoms with E-state index in [1.807, 2.05) is 66.7 Å². The van der Waals surface area contributed by atoms with Gasteiger partial charge in [0.05, 0.1) is 0 Å². The van der Waals surface area contributed by atoms with Gasteiger partial charge in [-0.3, -0.25) is 20.4 Å². The minimum Gasteiger partial charge on any atom is -0.484 e. The maximum absolute atomic E-state index is 12.1. The number of hydrazine groups is 1. The van der Waals surface area contributed by atoms with Crippen LogP contribution in [0.5, 0.6) is 11.5 Å². The van der Waals surface area contributed by atoms with Gasteiger partial charge in [0, 0.05) is 5.56 Å². The highest BCUT2D eigenvalue weighted by molar-refractivity contribution is 5.83. The Labute approximate surface area is 181 Å².